The molecular weight excluding hydrogens is 420 g/mol. The molecule has 0 saturated carbocycles. The van der Waals surface area contributed by atoms with Crippen LogP contribution in [-0.4, -0.2) is 46.5 Å². The number of rotatable bonds is 4. The van der Waals surface area contributed by atoms with Crippen LogP contribution in [0.1, 0.15) is 69.5 Å². The highest BCUT2D eigenvalue weighted by molar-refractivity contribution is 5.76. The van der Waals surface area contributed by atoms with Crippen molar-refractivity contribution in [3.8, 4) is 17.6 Å². The number of H-pyrrole nitrogens is 1. The molecule has 1 N–H and O–H groups in total. The first kappa shape index (κ1) is 22.9. The minimum Gasteiger partial charge on any atom is -0.453 e. The maximum Gasteiger partial charge on any atom is 0.410 e. The molecule has 8 nitrogen and oxygen atoms in total. The first-order chi connectivity index (χ1) is 15.8. The number of hydrogen-bond acceptors (Lipinski definition) is 6. The van der Waals surface area contributed by atoms with Crippen molar-refractivity contribution in [2.24, 2.45) is 0 Å². The van der Waals surface area contributed by atoms with Gasteiger partial charge < -0.3 is 19.1 Å². The van der Waals surface area contributed by atoms with Gasteiger partial charge in [0.2, 0.25) is 0 Å². The molecule has 1 amide bonds. The van der Waals surface area contributed by atoms with Gasteiger partial charge in [-0.25, -0.2) is 4.79 Å². The number of ether oxygens (including phenoxy) is 3. The Morgan fingerprint density at radius 2 is 2.06 bits per heavy atom. The zero-order chi connectivity index (χ0) is 23.4. The molecule has 1 fully saturated rings. The maximum absolute atomic E-state index is 12.7. The van der Waals surface area contributed by atoms with Crippen molar-refractivity contribution in [2.45, 2.75) is 58.2 Å². The van der Waals surface area contributed by atoms with Crippen LogP contribution in [0.4, 0.5) is 4.79 Å². The fourth-order valence-corrected chi connectivity index (χ4v) is 3.97. The quantitative estimate of drug-likeness (QED) is 0.675. The molecule has 174 valence electrons. The lowest BCUT2D eigenvalue weighted by Gasteiger charge is -2.30. The van der Waals surface area contributed by atoms with Crippen LogP contribution in [0.25, 0.3) is 5.57 Å². The summed E-state index contributed by atoms with van der Waals surface area (Å²) in [6, 6.07) is 9.09. The molecule has 33 heavy (non-hydrogen) atoms. The average molecular weight is 451 g/mol. The lowest BCUT2D eigenvalue weighted by Crippen LogP contribution is -2.39. The third-order valence-electron chi connectivity index (χ3n) is 5.56. The third kappa shape index (κ3) is 5.55. The summed E-state index contributed by atoms with van der Waals surface area (Å²) in [4.78, 5) is 14.3. The Morgan fingerprint density at radius 3 is 2.73 bits per heavy atom. The molecule has 0 aliphatic carbocycles. The van der Waals surface area contributed by atoms with E-state index >= 15 is 0 Å². The molecule has 2 aromatic rings. The highest BCUT2D eigenvalue weighted by Gasteiger charge is 2.30. The molecule has 8 heteroatoms. The number of aromatic amines is 1. The van der Waals surface area contributed by atoms with Gasteiger partial charge in [0.05, 0.1) is 18.2 Å². The topological polar surface area (TPSA) is 100 Å². The molecular formula is C25H30N4O4. The van der Waals surface area contributed by atoms with Crippen LogP contribution in [0.2, 0.25) is 0 Å². The van der Waals surface area contributed by atoms with E-state index in [-0.39, 0.29) is 12.2 Å². The molecule has 0 bridgehead atoms. The summed E-state index contributed by atoms with van der Waals surface area (Å²) in [6.45, 7) is 7.25. The van der Waals surface area contributed by atoms with E-state index in [9.17, 15) is 4.79 Å². The standard InChI is InChI=1S/C25H30N4O4/c1-25(2,3)33-24(30)29-13-6-7-18(16-29)21-23(32-19-11-9-17(15-26)10-12-19)22(28-27-21)20-8-4-5-14-31-20/h7,9-12,20H,4-6,8,13-14,16H2,1-3H3,(H,27,28). The fraction of sp³-hybridized carbons (Fsp3) is 0.480. The Bertz CT molecular complexity index is 1050. The van der Waals surface area contributed by atoms with E-state index < -0.39 is 5.60 Å². The Kier molecular flexibility index (Phi) is 6.70. The summed E-state index contributed by atoms with van der Waals surface area (Å²) in [7, 11) is 0. The van der Waals surface area contributed by atoms with Gasteiger partial charge in [-0.05, 0) is 76.3 Å². The number of nitriles is 1. The van der Waals surface area contributed by atoms with Crippen LogP contribution in [0, 0.1) is 11.3 Å². The van der Waals surface area contributed by atoms with Gasteiger partial charge in [0.1, 0.15) is 28.8 Å². The van der Waals surface area contributed by atoms with Gasteiger partial charge in [0.25, 0.3) is 0 Å². The lowest BCUT2D eigenvalue weighted by atomic mass is 10.0. The Hall–Kier alpha value is -3.31. The van der Waals surface area contributed by atoms with E-state index in [1.807, 2.05) is 20.8 Å². The van der Waals surface area contributed by atoms with Crippen LogP contribution in [0.3, 0.4) is 0 Å². The molecule has 0 radical (unpaired) electrons. The lowest BCUT2D eigenvalue weighted by molar-refractivity contribution is 0.0112. The predicted molar refractivity (Wildman–Crippen MR) is 123 cm³/mol. The van der Waals surface area contributed by atoms with Crippen molar-refractivity contribution in [1.82, 2.24) is 15.1 Å². The third-order valence-corrected chi connectivity index (χ3v) is 5.56. The van der Waals surface area contributed by atoms with E-state index in [4.69, 9.17) is 19.5 Å². The minimum atomic E-state index is -0.555. The van der Waals surface area contributed by atoms with E-state index in [0.717, 1.165) is 30.5 Å². The first-order valence-electron chi connectivity index (χ1n) is 11.4. The maximum atomic E-state index is 12.7. The van der Waals surface area contributed by atoms with Gasteiger partial charge in [-0.3, -0.25) is 5.10 Å². The summed E-state index contributed by atoms with van der Waals surface area (Å²) in [6.07, 6.45) is 5.33. The van der Waals surface area contributed by atoms with Crippen LogP contribution >= 0.6 is 0 Å². The summed E-state index contributed by atoms with van der Waals surface area (Å²) < 4.78 is 17.9. The summed E-state index contributed by atoms with van der Waals surface area (Å²) in [5.74, 6) is 1.21. The highest BCUT2D eigenvalue weighted by atomic mass is 16.6. The van der Waals surface area contributed by atoms with Gasteiger partial charge in [-0.1, -0.05) is 6.08 Å². The largest absolute Gasteiger partial charge is 0.453 e. The number of nitrogens with zero attached hydrogens (tertiary/aromatic N) is 3. The number of nitrogens with one attached hydrogen (secondary N) is 1. The molecule has 1 saturated heterocycles. The monoisotopic (exact) mass is 450 g/mol. The molecule has 1 aromatic carbocycles. The zero-order valence-corrected chi connectivity index (χ0v) is 19.4. The van der Waals surface area contributed by atoms with Crippen molar-refractivity contribution in [3.63, 3.8) is 0 Å². The van der Waals surface area contributed by atoms with E-state index in [0.29, 0.717) is 48.9 Å². The Labute approximate surface area is 194 Å². The molecule has 0 spiro atoms. The van der Waals surface area contributed by atoms with Crippen LogP contribution in [0.5, 0.6) is 11.5 Å². The molecule has 4 rings (SSSR count). The van der Waals surface area contributed by atoms with Crippen LogP contribution in [0.15, 0.2) is 30.3 Å². The molecule has 1 aromatic heterocycles. The number of carbonyl (C=O) groups is 1. The summed E-state index contributed by atoms with van der Waals surface area (Å²) in [5.41, 5.74) is 2.36. The smallest absolute Gasteiger partial charge is 0.410 e. The zero-order valence-electron chi connectivity index (χ0n) is 19.4. The second-order valence-electron chi connectivity index (χ2n) is 9.33. The van der Waals surface area contributed by atoms with Crippen molar-refractivity contribution in [1.29, 1.82) is 5.26 Å². The van der Waals surface area contributed by atoms with Crippen LogP contribution in [-0.2, 0) is 9.47 Å². The van der Waals surface area contributed by atoms with E-state index in [1.165, 1.54) is 0 Å². The van der Waals surface area contributed by atoms with E-state index in [1.54, 1.807) is 29.2 Å². The summed E-state index contributed by atoms with van der Waals surface area (Å²) >= 11 is 0. The number of amides is 1. The molecule has 2 aliphatic heterocycles. The Morgan fingerprint density at radius 1 is 1.27 bits per heavy atom. The number of hydrogen-bond donors (Lipinski definition) is 1. The second kappa shape index (κ2) is 9.67. The van der Waals surface area contributed by atoms with Crippen molar-refractivity contribution in [2.75, 3.05) is 19.7 Å². The van der Waals surface area contributed by atoms with Crippen molar-refractivity contribution in [3.05, 3.63) is 47.3 Å². The van der Waals surface area contributed by atoms with Gasteiger partial charge in [0, 0.05) is 13.2 Å². The second-order valence-corrected chi connectivity index (χ2v) is 9.33. The molecule has 1 unspecified atom stereocenters. The first-order valence-corrected chi connectivity index (χ1v) is 11.4. The normalized spacial score (nSPS) is 18.9. The van der Waals surface area contributed by atoms with Gasteiger partial charge in [-0.15, -0.1) is 0 Å². The van der Waals surface area contributed by atoms with Gasteiger partial charge >= 0.3 is 6.09 Å². The van der Waals surface area contributed by atoms with Crippen molar-refractivity contribution < 1.29 is 19.0 Å². The van der Waals surface area contributed by atoms with Crippen LogP contribution < -0.4 is 4.74 Å². The molecule has 3 heterocycles. The number of aromatic nitrogens is 2. The highest BCUT2D eigenvalue weighted by Crippen LogP contribution is 2.40. The number of benzene rings is 1. The SMILES string of the molecule is CC(C)(C)OC(=O)N1CCC=C(c2n[nH]c(C3CCCCO3)c2Oc2ccc(C#N)cc2)C1. The number of carbonyl (C=O) groups excluding carboxylic acids is 1. The minimum absolute atomic E-state index is 0.125. The Balaban J connectivity index is 1.63. The average Bonchev–Trinajstić information content (AvgIpc) is 3.22. The predicted octanol–water partition coefficient (Wildman–Crippen LogP) is 5.34. The molecule has 2 aliphatic rings. The van der Waals surface area contributed by atoms with Gasteiger partial charge in [-0.2, -0.15) is 10.4 Å². The van der Waals surface area contributed by atoms with Crippen molar-refractivity contribution >= 4 is 11.7 Å². The fourth-order valence-electron chi connectivity index (χ4n) is 3.97. The van der Waals surface area contributed by atoms with Gasteiger partial charge in [0.15, 0.2) is 5.75 Å². The molecule has 1 atom stereocenters. The van der Waals surface area contributed by atoms with E-state index in [2.05, 4.69) is 22.3 Å². The summed E-state index contributed by atoms with van der Waals surface area (Å²) in [5, 5.41) is 16.8.